The van der Waals surface area contributed by atoms with Crippen molar-refractivity contribution in [2.75, 3.05) is 57.0 Å². The van der Waals surface area contributed by atoms with Crippen LogP contribution in [0.4, 0.5) is 17.6 Å². The van der Waals surface area contributed by atoms with Gasteiger partial charge in [-0.1, -0.05) is 25.1 Å². The molecule has 2 fully saturated rings. The minimum absolute atomic E-state index is 0.266. The first-order valence-corrected chi connectivity index (χ1v) is 11.6. The monoisotopic (exact) mass is 425 g/mol. The van der Waals surface area contributed by atoms with E-state index in [2.05, 4.69) is 43.1 Å². The van der Waals surface area contributed by atoms with Gasteiger partial charge in [0.2, 0.25) is 11.9 Å². The van der Waals surface area contributed by atoms with Crippen molar-refractivity contribution in [3.05, 3.63) is 35.7 Å². The highest BCUT2D eigenvalue weighted by Crippen LogP contribution is 2.23. The summed E-state index contributed by atoms with van der Waals surface area (Å²) in [6.07, 6.45) is 4.70. The van der Waals surface area contributed by atoms with Crippen LogP contribution < -0.4 is 11.1 Å². The van der Waals surface area contributed by atoms with Crippen LogP contribution in [0.1, 0.15) is 37.6 Å². The van der Waals surface area contributed by atoms with Crippen molar-refractivity contribution >= 4 is 17.6 Å². The van der Waals surface area contributed by atoms with Crippen LogP contribution in [-0.2, 0) is 17.7 Å². The van der Waals surface area contributed by atoms with Crippen LogP contribution in [0.25, 0.3) is 0 Å². The normalized spacial score (nSPS) is 18.9. The third-order valence-electron chi connectivity index (χ3n) is 6.37. The Hall–Kier alpha value is -2.29. The first-order valence-electron chi connectivity index (χ1n) is 11.6. The van der Waals surface area contributed by atoms with Crippen LogP contribution >= 0.6 is 0 Å². The second-order valence-corrected chi connectivity index (χ2v) is 8.53. The molecule has 8 nitrogen and oxygen atoms in total. The summed E-state index contributed by atoms with van der Waals surface area (Å²) in [5, 5.41) is 3.32. The summed E-state index contributed by atoms with van der Waals surface area (Å²) in [6, 6.07) is 8.20. The maximum absolute atomic E-state index is 5.99. The van der Waals surface area contributed by atoms with E-state index in [4.69, 9.17) is 10.5 Å². The molecule has 31 heavy (non-hydrogen) atoms. The van der Waals surface area contributed by atoms with E-state index in [0.29, 0.717) is 12.5 Å². The van der Waals surface area contributed by atoms with Gasteiger partial charge in [-0.15, -0.1) is 0 Å². The molecule has 0 aliphatic carbocycles. The number of aromatic nitrogens is 3. The molecule has 0 saturated carbocycles. The zero-order valence-electron chi connectivity index (χ0n) is 18.6. The van der Waals surface area contributed by atoms with E-state index >= 15 is 0 Å². The fourth-order valence-corrected chi connectivity index (χ4v) is 4.46. The second kappa shape index (κ2) is 10.8. The Balaban J connectivity index is 1.28. The van der Waals surface area contributed by atoms with E-state index in [-0.39, 0.29) is 5.95 Å². The molecule has 2 aliphatic heterocycles. The SMILES string of the molecule is CCc1ccccc1Nc1nc(N)nc(CN2CCC(CCN3CCOCC3)CC2)n1. The number of benzene rings is 1. The quantitative estimate of drug-likeness (QED) is 0.667. The summed E-state index contributed by atoms with van der Waals surface area (Å²) in [5.74, 6) is 2.33. The molecule has 3 N–H and O–H groups in total. The molecule has 8 heteroatoms. The van der Waals surface area contributed by atoms with E-state index < -0.39 is 0 Å². The minimum atomic E-state index is 0.266. The fourth-order valence-electron chi connectivity index (χ4n) is 4.46. The number of nitrogens with one attached hydrogen (secondary N) is 1. The Morgan fingerprint density at radius 3 is 2.58 bits per heavy atom. The molecule has 168 valence electrons. The molecular weight excluding hydrogens is 390 g/mol. The molecule has 0 bridgehead atoms. The second-order valence-electron chi connectivity index (χ2n) is 8.53. The predicted octanol–water partition coefficient (Wildman–Crippen LogP) is 2.69. The third-order valence-corrected chi connectivity index (χ3v) is 6.37. The zero-order valence-corrected chi connectivity index (χ0v) is 18.6. The van der Waals surface area contributed by atoms with Crippen molar-refractivity contribution in [3.63, 3.8) is 0 Å². The maximum atomic E-state index is 5.99. The number of hydrogen-bond donors (Lipinski definition) is 2. The summed E-state index contributed by atoms with van der Waals surface area (Å²) < 4.78 is 5.45. The highest BCUT2D eigenvalue weighted by molar-refractivity contribution is 5.58. The van der Waals surface area contributed by atoms with Crippen molar-refractivity contribution in [1.82, 2.24) is 24.8 Å². The number of anilines is 3. The lowest BCUT2D eigenvalue weighted by atomic mass is 9.93. The van der Waals surface area contributed by atoms with Gasteiger partial charge in [-0.25, -0.2) is 0 Å². The van der Waals surface area contributed by atoms with E-state index in [0.717, 1.165) is 63.2 Å². The zero-order chi connectivity index (χ0) is 21.5. The van der Waals surface area contributed by atoms with Crippen LogP contribution in [0.3, 0.4) is 0 Å². The third kappa shape index (κ3) is 6.35. The smallest absolute Gasteiger partial charge is 0.232 e. The number of rotatable bonds is 8. The topological polar surface area (TPSA) is 92.4 Å². The summed E-state index contributed by atoms with van der Waals surface area (Å²) in [5.41, 5.74) is 8.23. The molecule has 0 radical (unpaired) electrons. The van der Waals surface area contributed by atoms with Gasteiger partial charge < -0.3 is 15.8 Å². The van der Waals surface area contributed by atoms with Crippen molar-refractivity contribution < 1.29 is 4.74 Å². The summed E-state index contributed by atoms with van der Waals surface area (Å²) in [6.45, 7) is 10.2. The van der Waals surface area contributed by atoms with Gasteiger partial charge in [0, 0.05) is 18.8 Å². The lowest BCUT2D eigenvalue weighted by Crippen LogP contribution is -2.39. The Morgan fingerprint density at radius 2 is 1.81 bits per heavy atom. The number of nitrogens with two attached hydrogens (primary N) is 1. The van der Waals surface area contributed by atoms with Crippen LogP contribution in [0.15, 0.2) is 24.3 Å². The van der Waals surface area contributed by atoms with Crippen LogP contribution in [0, 0.1) is 5.92 Å². The summed E-state index contributed by atoms with van der Waals surface area (Å²) in [7, 11) is 0. The molecule has 1 aromatic carbocycles. The van der Waals surface area contributed by atoms with Gasteiger partial charge in [-0.05, 0) is 62.9 Å². The average molecular weight is 426 g/mol. The first-order chi connectivity index (χ1) is 15.2. The fraction of sp³-hybridized carbons (Fsp3) is 0.609. The summed E-state index contributed by atoms with van der Waals surface area (Å²) in [4.78, 5) is 18.3. The Bertz CT molecular complexity index is 832. The largest absolute Gasteiger partial charge is 0.379 e. The molecule has 0 amide bonds. The standard InChI is InChI=1S/C23H35N7O/c1-2-19-5-3-4-6-20(19)25-23-27-21(26-22(24)28-23)17-30-11-8-18(9-12-30)7-10-29-13-15-31-16-14-29/h3-6,18H,2,7-17H2,1H3,(H3,24,25,26,27,28). The molecular formula is C23H35N7O. The van der Waals surface area contributed by atoms with Crippen LogP contribution in [0.5, 0.6) is 0 Å². The predicted molar refractivity (Wildman–Crippen MR) is 123 cm³/mol. The van der Waals surface area contributed by atoms with Gasteiger partial charge in [0.15, 0.2) is 0 Å². The van der Waals surface area contributed by atoms with Crippen molar-refractivity contribution in [3.8, 4) is 0 Å². The highest BCUT2D eigenvalue weighted by atomic mass is 16.5. The van der Waals surface area contributed by atoms with E-state index in [1.165, 1.54) is 31.4 Å². The lowest BCUT2D eigenvalue weighted by Gasteiger charge is -2.33. The molecule has 2 aliphatic rings. The minimum Gasteiger partial charge on any atom is -0.379 e. The molecule has 0 atom stereocenters. The maximum Gasteiger partial charge on any atom is 0.232 e. The molecule has 2 saturated heterocycles. The van der Waals surface area contributed by atoms with E-state index in [9.17, 15) is 0 Å². The van der Waals surface area contributed by atoms with Crippen molar-refractivity contribution in [2.45, 2.75) is 39.2 Å². The highest BCUT2D eigenvalue weighted by Gasteiger charge is 2.21. The lowest BCUT2D eigenvalue weighted by molar-refractivity contribution is 0.0334. The molecule has 1 aromatic heterocycles. The Morgan fingerprint density at radius 1 is 1.03 bits per heavy atom. The molecule has 3 heterocycles. The number of morpholine rings is 1. The average Bonchev–Trinajstić information content (AvgIpc) is 2.79. The van der Waals surface area contributed by atoms with Crippen molar-refractivity contribution in [2.24, 2.45) is 5.92 Å². The van der Waals surface area contributed by atoms with E-state index in [1.54, 1.807) is 0 Å². The van der Waals surface area contributed by atoms with Gasteiger partial charge in [-0.2, -0.15) is 15.0 Å². The van der Waals surface area contributed by atoms with E-state index in [1.807, 2.05) is 18.2 Å². The van der Waals surface area contributed by atoms with Gasteiger partial charge in [0.25, 0.3) is 0 Å². The number of piperidine rings is 1. The molecule has 2 aromatic rings. The number of nitrogen functional groups attached to an aromatic ring is 1. The number of likely N-dealkylation sites (tertiary alicyclic amines) is 1. The first kappa shape index (κ1) is 21.9. The molecule has 0 spiro atoms. The molecule has 4 rings (SSSR count). The van der Waals surface area contributed by atoms with Gasteiger partial charge >= 0.3 is 0 Å². The van der Waals surface area contributed by atoms with Crippen LogP contribution in [0.2, 0.25) is 0 Å². The number of hydrogen-bond acceptors (Lipinski definition) is 8. The van der Waals surface area contributed by atoms with Gasteiger partial charge in [0.1, 0.15) is 5.82 Å². The van der Waals surface area contributed by atoms with Gasteiger partial charge in [0.05, 0.1) is 19.8 Å². The number of nitrogens with zero attached hydrogens (tertiary/aromatic N) is 5. The number of para-hydroxylation sites is 1. The summed E-state index contributed by atoms with van der Waals surface area (Å²) >= 11 is 0. The number of ether oxygens (including phenoxy) is 1. The Kier molecular flexibility index (Phi) is 7.66. The van der Waals surface area contributed by atoms with Gasteiger partial charge in [-0.3, -0.25) is 9.80 Å². The van der Waals surface area contributed by atoms with Crippen LogP contribution in [-0.4, -0.2) is 70.7 Å². The Labute approximate surface area is 185 Å². The molecule has 0 unspecified atom stereocenters. The number of aryl methyl sites for hydroxylation is 1. The van der Waals surface area contributed by atoms with Crippen molar-refractivity contribution in [1.29, 1.82) is 0 Å².